The number of aliphatic hydroxyl groups excluding tert-OH is 1. The number of fused-ring (bicyclic) bond motifs is 1. The summed E-state index contributed by atoms with van der Waals surface area (Å²) < 4.78 is 0. The van der Waals surface area contributed by atoms with E-state index in [-0.39, 0.29) is 25.8 Å². The van der Waals surface area contributed by atoms with Crippen molar-refractivity contribution < 1.29 is 44.1 Å². The number of carboxylic acid groups (broad SMARTS) is 2. The molecule has 1 fully saturated rings. The molecule has 5 atom stereocenters. The predicted octanol–water partition coefficient (Wildman–Crippen LogP) is -0.723. The maximum atomic E-state index is 13.7. The van der Waals surface area contributed by atoms with Gasteiger partial charge in [0.2, 0.25) is 23.6 Å². The molecule has 250 valence electrons. The third-order valence-electron chi connectivity index (χ3n) is 7.99. The van der Waals surface area contributed by atoms with E-state index in [1.807, 2.05) is 18.2 Å². The molecule has 1 saturated heterocycles. The van der Waals surface area contributed by atoms with Crippen LogP contribution in [0.3, 0.4) is 0 Å². The fourth-order valence-corrected chi connectivity index (χ4v) is 5.56. The lowest BCUT2D eigenvalue weighted by Gasteiger charge is -2.30. The Kier molecular flexibility index (Phi) is 11.6. The molecule has 15 nitrogen and oxygen atoms in total. The van der Waals surface area contributed by atoms with E-state index < -0.39 is 78.8 Å². The number of amides is 4. The summed E-state index contributed by atoms with van der Waals surface area (Å²) in [5, 5.41) is 36.9. The number of nitrogens with zero attached hydrogens (tertiary/aromatic N) is 1. The average molecular weight is 651 g/mol. The van der Waals surface area contributed by atoms with Crippen molar-refractivity contribution in [3.8, 4) is 0 Å². The van der Waals surface area contributed by atoms with Crippen molar-refractivity contribution in [1.29, 1.82) is 0 Å². The molecule has 3 aromatic rings. The molecule has 0 saturated carbocycles. The molecule has 0 spiro atoms. The van der Waals surface area contributed by atoms with Gasteiger partial charge < -0.3 is 46.9 Å². The Bertz CT molecular complexity index is 1610. The summed E-state index contributed by atoms with van der Waals surface area (Å²) in [6.45, 7) is -0.625. The summed E-state index contributed by atoms with van der Waals surface area (Å²) in [7, 11) is 0. The van der Waals surface area contributed by atoms with E-state index in [2.05, 4.69) is 20.9 Å². The van der Waals surface area contributed by atoms with Gasteiger partial charge in [-0.05, 0) is 30.0 Å². The topological polar surface area (TPSA) is 244 Å². The molecule has 0 aliphatic carbocycles. The van der Waals surface area contributed by atoms with Crippen LogP contribution in [0.1, 0.15) is 30.4 Å². The summed E-state index contributed by atoms with van der Waals surface area (Å²) in [5.74, 6) is -5.97. The van der Waals surface area contributed by atoms with E-state index in [1.165, 1.54) is 0 Å². The van der Waals surface area contributed by atoms with Crippen LogP contribution in [0.15, 0.2) is 60.8 Å². The lowest BCUT2D eigenvalue weighted by Crippen LogP contribution is -2.59. The molecule has 0 radical (unpaired) electrons. The van der Waals surface area contributed by atoms with E-state index in [0.717, 1.165) is 15.8 Å². The molecule has 2 aromatic carbocycles. The first-order valence-electron chi connectivity index (χ1n) is 15.1. The van der Waals surface area contributed by atoms with Gasteiger partial charge in [-0.2, -0.15) is 0 Å². The number of carbonyl (C=O) groups is 6. The van der Waals surface area contributed by atoms with Gasteiger partial charge in [-0.25, -0.2) is 4.79 Å². The zero-order chi connectivity index (χ0) is 34.1. The number of aliphatic hydroxyl groups is 1. The molecule has 4 rings (SSSR count). The Balaban J connectivity index is 1.52. The highest BCUT2D eigenvalue weighted by atomic mass is 16.4. The van der Waals surface area contributed by atoms with Crippen molar-refractivity contribution in [2.45, 2.75) is 62.3 Å². The number of hydrogen-bond acceptors (Lipinski definition) is 8. The van der Waals surface area contributed by atoms with Crippen LogP contribution in [0.2, 0.25) is 0 Å². The Morgan fingerprint density at radius 2 is 1.55 bits per heavy atom. The number of benzene rings is 2. The summed E-state index contributed by atoms with van der Waals surface area (Å²) >= 11 is 0. The number of carbonyl (C=O) groups excluding carboxylic acids is 4. The molecule has 2 heterocycles. The minimum absolute atomic E-state index is 0.00372. The third-order valence-corrected chi connectivity index (χ3v) is 7.99. The van der Waals surface area contributed by atoms with E-state index in [1.54, 1.807) is 42.6 Å². The number of carboxylic acids is 2. The van der Waals surface area contributed by atoms with Crippen LogP contribution < -0.4 is 21.7 Å². The first-order chi connectivity index (χ1) is 22.5. The van der Waals surface area contributed by atoms with Gasteiger partial charge in [-0.3, -0.25) is 24.0 Å². The number of aromatic nitrogens is 1. The molecule has 4 amide bonds. The van der Waals surface area contributed by atoms with Gasteiger partial charge in [-0.1, -0.05) is 48.5 Å². The van der Waals surface area contributed by atoms with Crippen molar-refractivity contribution in [2.75, 3.05) is 13.2 Å². The fourth-order valence-electron chi connectivity index (χ4n) is 5.56. The molecule has 1 aliphatic heterocycles. The Morgan fingerprint density at radius 1 is 0.872 bits per heavy atom. The zero-order valence-corrected chi connectivity index (χ0v) is 25.4. The molecule has 47 heavy (non-hydrogen) atoms. The molecule has 1 aromatic heterocycles. The monoisotopic (exact) mass is 650 g/mol. The highest BCUT2D eigenvalue weighted by Crippen LogP contribution is 2.21. The average Bonchev–Trinajstić information content (AvgIpc) is 3.71. The molecule has 9 N–H and O–H groups in total. The van der Waals surface area contributed by atoms with Gasteiger partial charge in [-0.15, -0.1) is 0 Å². The number of likely N-dealkylation sites (tertiary alicyclic amines) is 1. The lowest BCUT2D eigenvalue weighted by molar-refractivity contribution is -0.147. The molecular formula is C32H38N6O9. The highest BCUT2D eigenvalue weighted by Gasteiger charge is 2.40. The van der Waals surface area contributed by atoms with Gasteiger partial charge in [0.05, 0.1) is 13.0 Å². The van der Waals surface area contributed by atoms with Crippen LogP contribution in [0, 0.1) is 0 Å². The number of aliphatic carboxylic acids is 2. The van der Waals surface area contributed by atoms with Gasteiger partial charge >= 0.3 is 11.9 Å². The van der Waals surface area contributed by atoms with Crippen LogP contribution in [-0.2, 0) is 41.6 Å². The van der Waals surface area contributed by atoms with E-state index in [0.29, 0.717) is 17.5 Å². The lowest BCUT2D eigenvalue weighted by atomic mass is 10.0. The first kappa shape index (κ1) is 34.6. The van der Waals surface area contributed by atoms with Crippen LogP contribution in [0.4, 0.5) is 0 Å². The molecule has 0 bridgehead atoms. The van der Waals surface area contributed by atoms with Gasteiger partial charge in [0.15, 0.2) is 0 Å². The molecular weight excluding hydrogens is 612 g/mol. The number of hydrogen-bond donors (Lipinski definition) is 8. The highest BCUT2D eigenvalue weighted by molar-refractivity contribution is 5.97. The second-order valence-electron chi connectivity index (χ2n) is 11.4. The number of nitrogens with two attached hydrogens (primary N) is 1. The number of aromatic amines is 1. The minimum atomic E-state index is -1.62. The number of H-pyrrole nitrogens is 1. The summed E-state index contributed by atoms with van der Waals surface area (Å²) in [6, 6.07) is 9.25. The van der Waals surface area contributed by atoms with Crippen molar-refractivity contribution in [1.82, 2.24) is 25.8 Å². The van der Waals surface area contributed by atoms with Crippen LogP contribution in [-0.4, -0.2) is 104 Å². The van der Waals surface area contributed by atoms with E-state index in [9.17, 15) is 44.1 Å². The van der Waals surface area contributed by atoms with Crippen LogP contribution in [0.25, 0.3) is 10.9 Å². The molecule has 1 aliphatic rings. The van der Waals surface area contributed by atoms with Gasteiger partial charge in [0.25, 0.3) is 0 Å². The van der Waals surface area contributed by atoms with Crippen molar-refractivity contribution in [3.63, 3.8) is 0 Å². The summed E-state index contributed by atoms with van der Waals surface area (Å²) in [6.07, 6.45) is 1.33. The Hall–Kier alpha value is -5.28. The largest absolute Gasteiger partial charge is 0.481 e. The van der Waals surface area contributed by atoms with Crippen molar-refractivity contribution in [2.24, 2.45) is 5.73 Å². The smallest absolute Gasteiger partial charge is 0.326 e. The Labute approximate surface area is 269 Å². The normalized spacial score (nSPS) is 16.9. The van der Waals surface area contributed by atoms with Gasteiger partial charge in [0, 0.05) is 36.5 Å². The van der Waals surface area contributed by atoms with Crippen LogP contribution >= 0.6 is 0 Å². The second-order valence-corrected chi connectivity index (χ2v) is 11.4. The van der Waals surface area contributed by atoms with Gasteiger partial charge in [0.1, 0.15) is 30.2 Å². The van der Waals surface area contributed by atoms with Crippen molar-refractivity contribution >= 4 is 46.5 Å². The molecule has 0 unspecified atom stereocenters. The zero-order valence-electron chi connectivity index (χ0n) is 25.4. The van der Waals surface area contributed by atoms with Crippen LogP contribution in [0.5, 0.6) is 0 Å². The van der Waals surface area contributed by atoms with E-state index in [4.69, 9.17) is 5.73 Å². The SMILES string of the molecule is N[C@H](CO)C(=O)N[C@H](Cc1c[nH]c2ccccc12)C(=O)N[C@H](CC(=O)O)C(=O)N1CCC[C@@H]1C(=O)N[C@H](Cc1ccccc1)C(=O)O. The first-order valence-corrected chi connectivity index (χ1v) is 15.1. The van der Waals surface area contributed by atoms with Crippen molar-refractivity contribution in [3.05, 3.63) is 71.9 Å². The fraction of sp³-hybridized carbons (Fsp3) is 0.375. The maximum Gasteiger partial charge on any atom is 0.326 e. The standard InChI is InChI=1S/C32H38N6O9/c33-21(17-39)28(42)35-23(14-19-16-34-22-10-5-4-9-20(19)22)29(43)36-24(15-27(40)41)31(45)38-12-6-11-26(38)30(44)37-25(32(46)47)13-18-7-2-1-3-8-18/h1-5,7-10,16,21,23-26,34,39H,6,11-15,17,33H2,(H,35,42)(H,36,43)(H,37,44)(H,40,41)(H,46,47)/t21-,23-,24-,25-,26-/m1/s1. The number of nitrogens with one attached hydrogen (secondary N) is 4. The second kappa shape index (κ2) is 15.8. The Morgan fingerprint density at radius 3 is 2.23 bits per heavy atom. The minimum Gasteiger partial charge on any atom is -0.481 e. The summed E-state index contributed by atoms with van der Waals surface area (Å²) in [5.41, 5.74) is 7.74. The predicted molar refractivity (Wildman–Crippen MR) is 168 cm³/mol. The number of rotatable bonds is 15. The third kappa shape index (κ3) is 8.92. The maximum absolute atomic E-state index is 13.7. The number of para-hydroxylation sites is 1. The quantitative estimate of drug-likeness (QED) is 0.103. The molecule has 15 heteroatoms. The summed E-state index contributed by atoms with van der Waals surface area (Å²) in [4.78, 5) is 81.2. The van der Waals surface area contributed by atoms with E-state index >= 15 is 0 Å².